The SMILES string of the molecule is NCc1cccc(-c2cc[c]c(N)c2)c1. The Morgan fingerprint density at radius 2 is 1.87 bits per heavy atom. The summed E-state index contributed by atoms with van der Waals surface area (Å²) in [5, 5.41) is 0. The highest BCUT2D eigenvalue weighted by Gasteiger charge is 1.98. The lowest BCUT2D eigenvalue weighted by Gasteiger charge is -2.04. The van der Waals surface area contributed by atoms with E-state index >= 15 is 0 Å². The van der Waals surface area contributed by atoms with E-state index in [9.17, 15) is 0 Å². The zero-order valence-corrected chi connectivity index (χ0v) is 8.40. The Morgan fingerprint density at radius 1 is 1.07 bits per heavy atom. The van der Waals surface area contributed by atoms with Gasteiger partial charge in [-0.1, -0.05) is 30.3 Å². The minimum absolute atomic E-state index is 0.558. The van der Waals surface area contributed by atoms with Crippen molar-refractivity contribution in [3.05, 3.63) is 54.1 Å². The van der Waals surface area contributed by atoms with Gasteiger partial charge < -0.3 is 11.5 Å². The van der Waals surface area contributed by atoms with Crippen LogP contribution in [0.3, 0.4) is 0 Å². The third kappa shape index (κ3) is 2.17. The van der Waals surface area contributed by atoms with E-state index in [2.05, 4.69) is 12.1 Å². The molecule has 0 spiro atoms. The number of anilines is 1. The van der Waals surface area contributed by atoms with Crippen LogP contribution in [0.1, 0.15) is 5.56 Å². The molecule has 0 fully saturated rings. The maximum absolute atomic E-state index is 5.69. The molecule has 0 saturated carbocycles. The summed E-state index contributed by atoms with van der Waals surface area (Å²) < 4.78 is 0. The maximum atomic E-state index is 5.69. The summed E-state index contributed by atoms with van der Waals surface area (Å²) in [6.45, 7) is 0.558. The number of nitrogens with two attached hydrogens (primary N) is 2. The average molecular weight is 197 g/mol. The molecule has 0 heterocycles. The molecular formula is C13H13N2. The zero-order chi connectivity index (χ0) is 10.7. The zero-order valence-electron chi connectivity index (χ0n) is 8.40. The molecule has 0 aromatic heterocycles. The lowest BCUT2D eigenvalue weighted by molar-refractivity contribution is 1.07. The summed E-state index contributed by atoms with van der Waals surface area (Å²) in [4.78, 5) is 0. The summed E-state index contributed by atoms with van der Waals surface area (Å²) in [5.41, 5.74) is 15.3. The van der Waals surface area contributed by atoms with Crippen LogP contribution in [0.4, 0.5) is 5.69 Å². The molecule has 0 aliphatic heterocycles. The van der Waals surface area contributed by atoms with Gasteiger partial charge in [0.15, 0.2) is 0 Å². The van der Waals surface area contributed by atoms with Crippen molar-refractivity contribution in [3.63, 3.8) is 0 Å². The summed E-state index contributed by atoms with van der Waals surface area (Å²) in [7, 11) is 0. The van der Waals surface area contributed by atoms with Crippen LogP contribution in [0.25, 0.3) is 11.1 Å². The fourth-order valence-electron chi connectivity index (χ4n) is 1.54. The van der Waals surface area contributed by atoms with Gasteiger partial charge in [0, 0.05) is 18.3 Å². The highest BCUT2D eigenvalue weighted by atomic mass is 14.5. The first-order valence-electron chi connectivity index (χ1n) is 4.86. The third-order valence-electron chi connectivity index (χ3n) is 2.32. The van der Waals surface area contributed by atoms with Gasteiger partial charge in [-0.2, -0.15) is 0 Å². The Morgan fingerprint density at radius 3 is 2.60 bits per heavy atom. The highest BCUT2D eigenvalue weighted by molar-refractivity contribution is 5.67. The lowest BCUT2D eigenvalue weighted by atomic mass is 10.0. The molecule has 1 radical (unpaired) electrons. The molecule has 0 bridgehead atoms. The summed E-state index contributed by atoms with van der Waals surface area (Å²) >= 11 is 0. The van der Waals surface area contributed by atoms with Crippen LogP contribution >= 0.6 is 0 Å². The standard InChI is InChI=1S/C13H13N2/c14-9-10-3-1-4-11(7-10)12-5-2-6-13(15)8-12/h1-5,7-8H,9,14-15H2. The molecule has 2 rings (SSSR count). The van der Waals surface area contributed by atoms with Crippen molar-refractivity contribution in [1.82, 2.24) is 0 Å². The van der Waals surface area contributed by atoms with E-state index in [1.165, 1.54) is 0 Å². The number of hydrogen-bond acceptors (Lipinski definition) is 2. The second-order valence-electron chi connectivity index (χ2n) is 3.44. The van der Waals surface area contributed by atoms with Crippen LogP contribution in [-0.4, -0.2) is 0 Å². The fourth-order valence-corrected chi connectivity index (χ4v) is 1.54. The van der Waals surface area contributed by atoms with Crippen LogP contribution in [0.2, 0.25) is 0 Å². The number of rotatable bonds is 2. The summed E-state index contributed by atoms with van der Waals surface area (Å²) in [6, 6.07) is 16.8. The average Bonchev–Trinajstić information content (AvgIpc) is 2.29. The smallest absolute Gasteiger partial charge is 0.0400 e. The Bertz CT molecular complexity index is 464. The Kier molecular flexibility index (Phi) is 2.70. The van der Waals surface area contributed by atoms with Gasteiger partial charge in [0.1, 0.15) is 0 Å². The van der Waals surface area contributed by atoms with Crippen LogP contribution in [0.15, 0.2) is 42.5 Å². The molecule has 4 N–H and O–H groups in total. The van der Waals surface area contributed by atoms with E-state index < -0.39 is 0 Å². The van der Waals surface area contributed by atoms with Crippen LogP contribution in [0.5, 0.6) is 0 Å². The van der Waals surface area contributed by atoms with Crippen molar-refractivity contribution < 1.29 is 0 Å². The van der Waals surface area contributed by atoms with Crippen LogP contribution in [0, 0.1) is 6.07 Å². The maximum Gasteiger partial charge on any atom is 0.0400 e. The van der Waals surface area contributed by atoms with E-state index in [-0.39, 0.29) is 0 Å². The second-order valence-corrected chi connectivity index (χ2v) is 3.44. The Hall–Kier alpha value is -1.80. The van der Waals surface area contributed by atoms with Gasteiger partial charge in [-0.05, 0) is 28.8 Å². The molecule has 2 aromatic carbocycles. The largest absolute Gasteiger partial charge is 0.398 e. The number of hydrogen-bond donors (Lipinski definition) is 2. The molecule has 2 heteroatoms. The van der Waals surface area contributed by atoms with Gasteiger partial charge in [0.25, 0.3) is 0 Å². The van der Waals surface area contributed by atoms with E-state index in [1.807, 2.05) is 36.4 Å². The lowest BCUT2D eigenvalue weighted by Crippen LogP contribution is -1.95. The molecule has 15 heavy (non-hydrogen) atoms. The van der Waals surface area contributed by atoms with Gasteiger partial charge in [-0.15, -0.1) is 0 Å². The molecule has 2 nitrogen and oxygen atoms in total. The predicted molar refractivity (Wildman–Crippen MR) is 63.0 cm³/mol. The fraction of sp³-hybridized carbons (Fsp3) is 0.0769. The van der Waals surface area contributed by atoms with Crippen molar-refractivity contribution in [2.45, 2.75) is 6.54 Å². The highest BCUT2D eigenvalue weighted by Crippen LogP contribution is 2.21. The van der Waals surface area contributed by atoms with E-state index in [0.29, 0.717) is 12.2 Å². The normalized spacial score (nSPS) is 10.2. The Balaban J connectivity index is 2.44. The monoisotopic (exact) mass is 197 g/mol. The minimum atomic E-state index is 0.558. The van der Waals surface area contributed by atoms with Crippen molar-refractivity contribution >= 4 is 5.69 Å². The number of nitrogen functional groups attached to an aromatic ring is 1. The molecule has 0 saturated heterocycles. The topological polar surface area (TPSA) is 52.0 Å². The molecule has 0 aliphatic carbocycles. The van der Waals surface area contributed by atoms with E-state index in [1.54, 1.807) is 0 Å². The van der Waals surface area contributed by atoms with Gasteiger partial charge >= 0.3 is 0 Å². The summed E-state index contributed by atoms with van der Waals surface area (Å²) in [5.74, 6) is 0. The molecular weight excluding hydrogens is 184 g/mol. The molecule has 0 atom stereocenters. The summed E-state index contributed by atoms with van der Waals surface area (Å²) in [6.07, 6.45) is 0. The first-order chi connectivity index (χ1) is 7.29. The molecule has 0 unspecified atom stereocenters. The predicted octanol–water partition coefficient (Wildman–Crippen LogP) is 2.19. The minimum Gasteiger partial charge on any atom is -0.398 e. The van der Waals surface area contributed by atoms with Crippen molar-refractivity contribution in [3.8, 4) is 11.1 Å². The molecule has 2 aromatic rings. The van der Waals surface area contributed by atoms with E-state index in [4.69, 9.17) is 11.5 Å². The molecule has 0 aliphatic rings. The van der Waals surface area contributed by atoms with Gasteiger partial charge in [-0.25, -0.2) is 0 Å². The molecule has 75 valence electrons. The first-order valence-corrected chi connectivity index (χ1v) is 4.86. The first kappa shape index (κ1) is 9.74. The van der Waals surface area contributed by atoms with Gasteiger partial charge in [-0.3, -0.25) is 0 Å². The van der Waals surface area contributed by atoms with Crippen LogP contribution in [-0.2, 0) is 6.54 Å². The number of benzene rings is 2. The second kappa shape index (κ2) is 4.15. The van der Waals surface area contributed by atoms with Gasteiger partial charge in [0.05, 0.1) is 0 Å². The third-order valence-corrected chi connectivity index (χ3v) is 2.32. The van der Waals surface area contributed by atoms with E-state index in [0.717, 1.165) is 16.7 Å². The molecule has 0 amide bonds. The van der Waals surface area contributed by atoms with Crippen LogP contribution < -0.4 is 11.5 Å². The van der Waals surface area contributed by atoms with Crippen molar-refractivity contribution in [2.75, 3.05) is 5.73 Å². The van der Waals surface area contributed by atoms with Crippen molar-refractivity contribution in [1.29, 1.82) is 0 Å². The van der Waals surface area contributed by atoms with Gasteiger partial charge in [0.2, 0.25) is 0 Å². The Labute approximate surface area is 89.5 Å². The van der Waals surface area contributed by atoms with Crippen molar-refractivity contribution in [2.24, 2.45) is 5.73 Å². The quantitative estimate of drug-likeness (QED) is 0.725.